The number of hydrogen-bond donors (Lipinski definition) is 0. The number of pyridine rings is 2. The third-order valence-corrected chi connectivity index (χ3v) is 3.43. The molecule has 0 bridgehead atoms. The molecule has 3 heteroatoms. The summed E-state index contributed by atoms with van der Waals surface area (Å²) in [5, 5.41) is 0.495. The van der Waals surface area contributed by atoms with Crippen LogP contribution in [-0.2, 0) is 0 Å². The number of benzene rings is 1. The standard InChI is InChI=1S/C18H13ClN2/c19-18-15(9-8-14-5-2-1-3-6-14)11-17(13-21-18)16-7-4-10-20-12-16/h1-13H. The van der Waals surface area contributed by atoms with E-state index in [1.54, 1.807) is 12.4 Å². The number of halogens is 1. The van der Waals surface area contributed by atoms with Gasteiger partial charge in [-0.3, -0.25) is 4.98 Å². The van der Waals surface area contributed by atoms with Gasteiger partial charge in [-0.25, -0.2) is 4.98 Å². The lowest BCUT2D eigenvalue weighted by Gasteiger charge is -2.03. The third-order valence-electron chi connectivity index (χ3n) is 3.12. The number of nitrogens with zero attached hydrogens (tertiary/aromatic N) is 2. The van der Waals surface area contributed by atoms with Crippen LogP contribution in [0.5, 0.6) is 0 Å². The second-order valence-corrected chi connectivity index (χ2v) is 4.95. The fraction of sp³-hybridized carbons (Fsp3) is 0. The maximum atomic E-state index is 6.17. The Labute approximate surface area is 128 Å². The van der Waals surface area contributed by atoms with Crippen LogP contribution >= 0.6 is 11.6 Å². The molecule has 0 N–H and O–H groups in total. The third kappa shape index (κ3) is 3.36. The zero-order valence-corrected chi connectivity index (χ0v) is 12.0. The lowest BCUT2D eigenvalue weighted by atomic mass is 10.1. The minimum atomic E-state index is 0.495. The Kier molecular flexibility index (Phi) is 4.08. The van der Waals surface area contributed by atoms with Crippen LogP contribution in [0.3, 0.4) is 0 Å². The molecule has 0 fully saturated rings. The molecule has 0 spiro atoms. The van der Waals surface area contributed by atoms with E-state index in [1.807, 2.05) is 66.9 Å². The molecule has 0 aliphatic carbocycles. The summed E-state index contributed by atoms with van der Waals surface area (Å²) in [4.78, 5) is 8.38. The molecule has 0 radical (unpaired) electrons. The van der Waals surface area contributed by atoms with Gasteiger partial charge in [-0.1, -0.05) is 60.2 Å². The van der Waals surface area contributed by atoms with Gasteiger partial charge in [0.05, 0.1) is 0 Å². The number of aromatic nitrogens is 2. The lowest BCUT2D eigenvalue weighted by Crippen LogP contribution is -1.86. The van der Waals surface area contributed by atoms with Crippen LogP contribution in [0.25, 0.3) is 23.3 Å². The van der Waals surface area contributed by atoms with Crippen LogP contribution in [0.1, 0.15) is 11.1 Å². The van der Waals surface area contributed by atoms with E-state index in [1.165, 1.54) is 0 Å². The summed E-state index contributed by atoms with van der Waals surface area (Å²) < 4.78 is 0. The van der Waals surface area contributed by atoms with Gasteiger partial charge < -0.3 is 0 Å². The summed E-state index contributed by atoms with van der Waals surface area (Å²) in [5.41, 5.74) is 4.04. The zero-order chi connectivity index (χ0) is 14.5. The predicted molar refractivity (Wildman–Crippen MR) is 87.8 cm³/mol. The molecule has 0 amide bonds. The Balaban J connectivity index is 1.94. The van der Waals surface area contributed by atoms with Crippen molar-refractivity contribution in [3.63, 3.8) is 0 Å². The van der Waals surface area contributed by atoms with Crippen LogP contribution in [0.2, 0.25) is 5.15 Å². The molecular weight excluding hydrogens is 280 g/mol. The minimum absolute atomic E-state index is 0.495. The normalized spacial score (nSPS) is 10.9. The van der Waals surface area contributed by atoms with Crippen molar-refractivity contribution < 1.29 is 0 Å². The highest BCUT2D eigenvalue weighted by Gasteiger charge is 2.03. The average Bonchev–Trinajstić information content (AvgIpc) is 2.56. The maximum Gasteiger partial charge on any atom is 0.136 e. The highest BCUT2D eigenvalue weighted by molar-refractivity contribution is 6.31. The number of hydrogen-bond acceptors (Lipinski definition) is 2. The molecule has 1 aromatic carbocycles. The van der Waals surface area contributed by atoms with Crippen molar-refractivity contribution in [3.8, 4) is 11.1 Å². The van der Waals surface area contributed by atoms with E-state index in [0.717, 1.165) is 22.3 Å². The van der Waals surface area contributed by atoms with Gasteiger partial charge in [0.15, 0.2) is 0 Å². The van der Waals surface area contributed by atoms with Gasteiger partial charge in [0.25, 0.3) is 0 Å². The maximum absolute atomic E-state index is 6.17. The second kappa shape index (κ2) is 6.33. The summed E-state index contributed by atoms with van der Waals surface area (Å²) in [7, 11) is 0. The van der Waals surface area contributed by atoms with Gasteiger partial charge in [-0.05, 0) is 17.7 Å². The Morgan fingerprint density at radius 2 is 1.71 bits per heavy atom. The van der Waals surface area contributed by atoms with Crippen molar-refractivity contribution in [2.45, 2.75) is 0 Å². The topological polar surface area (TPSA) is 25.8 Å². The summed E-state index contributed by atoms with van der Waals surface area (Å²) in [5.74, 6) is 0. The molecule has 0 aliphatic rings. The zero-order valence-electron chi connectivity index (χ0n) is 11.3. The fourth-order valence-corrected chi connectivity index (χ4v) is 2.19. The molecule has 0 saturated carbocycles. The lowest BCUT2D eigenvalue weighted by molar-refractivity contribution is 1.29. The molecule has 2 heterocycles. The van der Waals surface area contributed by atoms with Crippen molar-refractivity contribution in [1.82, 2.24) is 9.97 Å². The van der Waals surface area contributed by atoms with Crippen LogP contribution in [-0.4, -0.2) is 9.97 Å². The van der Waals surface area contributed by atoms with E-state index >= 15 is 0 Å². The van der Waals surface area contributed by atoms with Gasteiger partial charge in [0.2, 0.25) is 0 Å². The first kappa shape index (κ1) is 13.5. The number of rotatable bonds is 3. The van der Waals surface area contributed by atoms with Crippen LogP contribution in [0.4, 0.5) is 0 Å². The van der Waals surface area contributed by atoms with Crippen molar-refractivity contribution in [2.75, 3.05) is 0 Å². The van der Waals surface area contributed by atoms with Crippen molar-refractivity contribution in [2.24, 2.45) is 0 Å². The largest absolute Gasteiger partial charge is 0.264 e. The summed E-state index contributed by atoms with van der Waals surface area (Å²) in [6.45, 7) is 0. The first-order chi connectivity index (χ1) is 10.3. The smallest absolute Gasteiger partial charge is 0.136 e. The average molecular weight is 293 g/mol. The quantitative estimate of drug-likeness (QED) is 0.637. The van der Waals surface area contributed by atoms with Crippen LogP contribution in [0, 0.1) is 0 Å². The molecule has 0 aliphatic heterocycles. The second-order valence-electron chi connectivity index (χ2n) is 4.59. The summed E-state index contributed by atoms with van der Waals surface area (Å²) >= 11 is 6.17. The van der Waals surface area contributed by atoms with Gasteiger partial charge in [-0.15, -0.1) is 0 Å². The first-order valence-electron chi connectivity index (χ1n) is 6.62. The van der Waals surface area contributed by atoms with E-state index in [0.29, 0.717) is 5.15 Å². The Morgan fingerprint density at radius 3 is 2.48 bits per heavy atom. The molecule has 102 valence electrons. The minimum Gasteiger partial charge on any atom is -0.264 e. The predicted octanol–water partition coefficient (Wildman–Crippen LogP) is 4.97. The first-order valence-corrected chi connectivity index (χ1v) is 7.00. The van der Waals surface area contributed by atoms with Gasteiger partial charge >= 0.3 is 0 Å². The Bertz CT molecular complexity index is 753. The SMILES string of the molecule is Clc1ncc(-c2cccnc2)cc1C=Cc1ccccc1. The fourth-order valence-electron chi connectivity index (χ4n) is 2.02. The van der Waals surface area contributed by atoms with Crippen molar-refractivity contribution in [1.29, 1.82) is 0 Å². The molecule has 3 aromatic rings. The molecular formula is C18H13ClN2. The molecule has 3 rings (SSSR count). The van der Waals surface area contributed by atoms with E-state index in [4.69, 9.17) is 11.6 Å². The van der Waals surface area contributed by atoms with E-state index in [2.05, 4.69) is 9.97 Å². The molecule has 0 atom stereocenters. The van der Waals surface area contributed by atoms with Gasteiger partial charge in [0, 0.05) is 35.3 Å². The highest BCUT2D eigenvalue weighted by atomic mass is 35.5. The van der Waals surface area contributed by atoms with E-state index in [-0.39, 0.29) is 0 Å². The van der Waals surface area contributed by atoms with E-state index in [9.17, 15) is 0 Å². The molecule has 0 unspecified atom stereocenters. The van der Waals surface area contributed by atoms with Crippen LogP contribution in [0.15, 0.2) is 67.1 Å². The molecule has 0 saturated heterocycles. The summed E-state index contributed by atoms with van der Waals surface area (Å²) in [6, 6.07) is 16.0. The van der Waals surface area contributed by atoms with Crippen molar-refractivity contribution in [3.05, 3.63) is 83.4 Å². The van der Waals surface area contributed by atoms with Gasteiger partial charge in [0.1, 0.15) is 5.15 Å². The van der Waals surface area contributed by atoms with Crippen LogP contribution < -0.4 is 0 Å². The highest BCUT2D eigenvalue weighted by Crippen LogP contribution is 2.24. The monoisotopic (exact) mass is 292 g/mol. The summed E-state index contributed by atoms with van der Waals surface area (Å²) in [6.07, 6.45) is 9.33. The molecule has 2 aromatic heterocycles. The molecule has 21 heavy (non-hydrogen) atoms. The Hall–Kier alpha value is -2.45. The molecule has 2 nitrogen and oxygen atoms in total. The van der Waals surface area contributed by atoms with Gasteiger partial charge in [-0.2, -0.15) is 0 Å². The van der Waals surface area contributed by atoms with E-state index < -0.39 is 0 Å². The Morgan fingerprint density at radius 1 is 0.857 bits per heavy atom. The van der Waals surface area contributed by atoms with Crippen molar-refractivity contribution >= 4 is 23.8 Å².